The lowest BCUT2D eigenvalue weighted by molar-refractivity contribution is -0.148. The van der Waals surface area contributed by atoms with Gasteiger partial charge in [-0.25, -0.2) is 4.79 Å². The summed E-state index contributed by atoms with van der Waals surface area (Å²) >= 11 is 0. The maximum Gasteiger partial charge on any atom is 0.325 e. The zero-order valence-corrected chi connectivity index (χ0v) is 14.3. The Morgan fingerprint density at radius 1 is 1.23 bits per heavy atom. The van der Waals surface area contributed by atoms with E-state index in [2.05, 4.69) is 15.6 Å². The van der Waals surface area contributed by atoms with Crippen molar-refractivity contribution >= 4 is 28.8 Å². The fourth-order valence-electron chi connectivity index (χ4n) is 2.54. The molecule has 3 amide bonds. The number of hydrogen-bond acceptors (Lipinski definition) is 7. The molecule has 1 fully saturated rings. The van der Waals surface area contributed by atoms with Crippen molar-refractivity contribution < 1.29 is 19.1 Å². The van der Waals surface area contributed by atoms with Gasteiger partial charge >= 0.3 is 12.0 Å². The van der Waals surface area contributed by atoms with Crippen LogP contribution in [0, 0.1) is 0 Å². The fraction of sp³-hybridized carbons (Fsp3) is 0.375. The molecule has 1 saturated heterocycles. The van der Waals surface area contributed by atoms with Gasteiger partial charge in [0.25, 0.3) is 11.5 Å². The van der Waals surface area contributed by atoms with Crippen LogP contribution in [-0.4, -0.2) is 49.9 Å². The Morgan fingerprint density at radius 3 is 2.65 bits per heavy atom. The Balaban J connectivity index is 1.58. The van der Waals surface area contributed by atoms with Crippen molar-refractivity contribution in [3.63, 3.8) is 0 Å². The third-order valence-electron chi connectivity index (χ3n) is 3.96. The Hall–Kier alpha value is -3.30. The van der Waals surface area contributed by atoms with Crippen molar-refractivity contribution in [1.29, 1.82) is 0 Å². The molecule has 0 aliphatic carbocycles. The van der Waals surface area contributed by atoms with Crippen molar-refractivity contribution in [2.24, 2.45) is 0 Å². The molecule has 0 spiro atoms. The summed E-state index contributed by atoms with van der Waals surface area (Å²) in [7, 11) is 0. The molecule has 0 unspecified atom stereocenters. The second kappa shape index (κ2) is 6.54. The van der Waals surface area contributed by atoms with Gasteiger partial charge in [-0.1, -0.05) is 17.3 Å². The first kappa shape index (κ1) is 17.5. The van der Waals surface area contributed by atoms with E-state index in [0.717, 1.165) is 9.58 Å². The summed E-state index contributed by atoms with van der Waals surface area (Å²) < 4.78 is 5.92. The third kappa shape index (κ3) is 3.25. The lowest BCUT2D eigenvalue weighted by Gasteiger charge is -2.15. The monoisotopic (exact) mass is 359 g/mol. The van der Waals surface area contributed by atoms with Gasteiger partial charge in [-0.15, -0.1) is 5.10 Å². The molecule has 1 aliphatic heterocycles. The van der Waals surface area contributed by atoms with Crippen LogP contribution < -0.4 is 10.9 Å². The van der Waals surface area contributed by atoms with E-state index in [1.54, 1.807) is 38.1 Å². The minimum absolute atomic E-state index is 0.106. The number of urea groups is 1. The van der Waals surface area contributed by atoms with Gasteiger partial charge in [0.1, 0.15) is 11.1 Å². The predicted octanol–water partition coefficient (Wildman–Crippen LogP) is 0.0127. The van der Waals surface area contributed by atoms with Crippen molar-refractivity contribution in [1.82, 2.24) is 25.2 Å². The van der Waals surface area contributed by atoms with Gasteiger partial charge in [0.15, 0.2) is 6.73 Å². The first-order chi connectivity index (χ1) is 12.3. The van der Waals surface area contributed by atoms with E-state index >= 15 is 0 Å². The summed E-state index contributed by atoms with van der Waals surface area (Å²) in [4.78, 5) is 48.8. The van der Waals surface area contributed by atoms with Crippen LogP contribution in [0.15, 0.2) is 29.1 Å². The van der Waals surface area contributed by atoms with E-state index in [1.807, 2.05) is 0 Å². The smallest absolute Gasteiger partial charge is 0.325 e. The molecule has 1 aromatic heterocycles. The van der Waals surface area contributed by atoms with Gasteiger partial charge in [-0.05, 0) is 26.0 Å². The van der Waals surface area contributed by atoms with Crippen molar-refractivity contribution in [2.45, 2.75) is 32.5 Å². The molecule has 2 heterocycles. The fourth-order valence-corrected chi connectivity index (χ4v) is 2.54. The van der Waals surface area contributed by atoms with Crippen LogP contribution in [0.4, 0.5) is 4.79 Å². The number of aromatic nitrogens is 3. The van der Waals surface area contributed by atoms with Crippen molar-refractivity contribution in [3.8, 4) is 0 Å². The second-order valence-corrected chi connectivity index (χ2v) is 6.32. The molecular formula is C16H17N5O5. The normalized spacial score (nSPS) is 16.0. The molecule has 26 heavy (non-hydrogen) atoms. The number of carbonyl (C=O) groups is 3. The summed E-state index contributed by atoms with van der Waals surface area (Å²) in [5.41, 5.74) is -0.977. The quantitative estimate of drug-likeness (QED) is 0.589. The van der Waals surface area contributed by atoms with Gasteiger partial charge in [0, 0.05) is 6.54 Å². The van der Waals surface area contributed by atoms with Crippen molar-refractivity contribution in [3.05, 3.63) is 34.6 Å². The molecule has 0 atom stereocenters. The number of fused-ring (bicyclic) bond motifs is 1. The number of benzene rings is 1. The molecule has 10 heteroatoms. The Morgan fingerprint density at radius 2 is 1.96 bits per heavy atom. The van der Waals surface area contributed by atoms with E-state index in [0.29, 0.717) is 10.9 Å². The minimum Gasteiger partial charge on any atom is -0.442 e. The van der Waals surface area contributed by atoms with Crippen LogP contribution in [0.5, 0.6) is 0 Å². The molecule has 1 aromatic carbocycles. The highest BCUT2D eigenvalue weighted by Crippen LogP contribution is 2.16. The third-order valence-corrected chi connectivity index (χ3v) is 3.96. The molecule has 1 aliphatic rings. The zero-order chi connectivity index (χ0) is 18.9. The van der Waals surface area contributed by atoms with Gasteiger partial charge in [-0.2, -0.15) is 4.68 Å². The van der Waals surface area contributed by atoms with Gasteiger partial charge in [0.2, 0.25) is 0 Å². The number of esters is 1. The first-order valence-corrected chi connectivity index (χ1v) is 7.92. The van der Waals surface area contributed by atoms with E-state index in [-0.39, 0.29) is 13.0 Å². The number of imide groups is 1. The molecule has 2 aromatic rings. The Labute approximate surface area is 147 Å². The predicted molar refractivity (Wildman–Crippen MR) is 88.8 cm³/mol. The molecule has 1 N–H and O–H groups in total. The SMILES string of the molecule is CC1(C)NC(=O)N(CCC(=O)OCn2nnc3ccccc3c2=O)C1=O. The number of rotatable bonds is 5. The number of ether oxygens (including phenoxy) is 1. The van der Waals surface area contributed by atoms with E-state index in [1.165, 1.54) is 0 Å². The van der Waals surface area contributed by atoms with Crippen LogP contribution >= 0.6 is 0 Å². The van der Waals surface area contributed by atoms with Crippen LogP contribution in [0.2, 0.25) is 0 Å². The number of nitrogens with one attached hydrogen (secondary N) is 1. The number of carbonyl (C=O) groups excluding carboxylic acids is 3. The lowest BCUT2D eigenvalue weighted by Crippen LogP contribution is -2.40. The largest absolute Gasteiger partial charge is 0.442 e. The lowest BCUT2D eigenvalue weighted by atomic mass is 10.1. The number of nitrogens with zero attached hydrogens (tertiary/aromatic N) is 4. The first-order valence-electron chi connectivity index (χ1n) is 7.92. The second-order valence-electron chi connectivity index (χ2n) is 6.32. The number of amides is 3. The molecule has 136 valence electrons. The minimum atomic E-state index is -0.991. The van der Waals surface area contributed by atoms with E-state index in [9.17, 15) is 19.2 Å². The summed E-state index contributed by atoms with van der Waals surface area (Å²) in [6, 6.07) is 6.13. The highest BCUT2D eigenvalue weighted by atomic mass is 16.5. The van der Waals surface area contributed by atoms with Crippen LogP contribution in [0.3, 0.4) is 0 Å². The van der Waals surface area contributed by atoms with Gasteiger partial charge < -0.3 is 10.1 Å². The van der Waals surface area contributed by atoms with Crippen LogP contribution in [0.25, 0.3) is 10.9 Å². The molecule has 0 bridgehead atoms. The topological polar surface area (TPSA) is 123 Å². The van der Waals surface area contributed by atoms with E-state index < -0.39 is 35.7 Å². The maximum atomic E-state index is 12.2. The van der Waals surface area contributed by atoms with E-state index in [4.69, 9.17) is 4.74 Å². The Kier molecular flexibility index (Phi) is 4.41. The van der Waals surface area contributed by atoms with Crippen molar-refractivity contribution in [2.75, 3.05) is 6.54 Å². The summed E-state index contributed by atoms with van der Waals surface area (Å²) in [5, 5.41) is 10.5. The zero-order valence-electron chi connectivity index (χ0n) is 14.3. The van der Waals surface area contributed by atoms with Gasteiger partial charge in [0.05, 0.1) is 11.8 Å². The molecule has 0 saturated carbocycles. The maximum absolute atomic E-state index is 12.2. The number of hydrogen-bond donors (Lipinski definition) is 1. The standard InChI is InChI=1S/C16H17N5O5/c1-16(2)14(24)20(15(25)17-16)8-7-12(22)26-9-21-13(23)10-5-3-4-6-11(10)18-19-21/h3-6H,7-9H2,1-2H3,(H,17,25). The molecule has 3 rings (SSSR count). The molecule has 10 nitrogen and oxygen atoms in total. The average Bonchev–Trinajstić information content (AvgIpc) is 2.80. The highest BCUT2D eigenvalue weighted by Gasteiger charge is 2.44. The molecular weight excluding hydrogens is 342 g/mol. The summed E-state index contributed by atoms with van der Waals surface area (Å²) in [6.45, 7) is 2.65. The Bertz CT molecular complexity index is 951. The van der Waals surface area contributed by atoms with Crippen LogP contribution in [-0.2, 0) is 21.1 Å². The van der Waals surface area contributed by atoms with Gasteiger partial charge in [-0.3, -0.25) is 19.3 Å². The van der Waals surface area contributed by atoms with Crippen LogP contribution in [0.1, 0.15) is 20.3 Å². The summed E-state index contributed by atoms with van der Waals surface area (Å²) in [5.74, 6) is -1.08. The highest BCUT2D eigenvalue weighted by molar-refractivity contribution is 6.06. The average molecular weight is 359 g/mol. The summed E-state index contributed by atoms with van der Waals surface area (Å²) in [6.07, 6.45) is -0.189. The molecule has 0 radical (unpaired) electrons.